The van der Waals surface area contributed by atoms with Crippen molar-refractivity contribution in [1.29, 1.82) is 0 Å². The van der Waals surface area contributed by atoms with Crippen LogP contribution in [-0.2, 0) is 0 Å². The molecule has 0 spiro atoms. The number of pyridine rings is 1. The van der Waals surface area contributed by atoms with Crippen LogP contribution in [0.25, 0.3) is 11.3 Å². The maximum absolute atomic E-state index is 14.1. The smallest absolute Gasteiger partial charge is 0.427 e. The fraction of sp³-hybridized carbons (Fsp3) is 0.357. The molecule has 0 N–H and O–H groups in total. The molecule has 0 bridgehead atoms. The standard InChI is InChI=1S/C14H12ClF4N3OS/c1-13(2,14(17,18)19)23-11-8(16)4-7(6-20-11)9-5-10(15)22-12(21-9)24-3/h4-6H,1-3H3. The number of nitrogens with zero attached hydrogens (tertiary/aromatic N) is 3. The van der Waals surface area contributed by atoms with Crippen LogP contribution in [0.3, 0.4) is 0 Å². The predicted molar refractivity (Wildman–Crippen MR) is 82.8 cm³/mol. The summed E-state index contributed by atoms with van der Waals surface area (Å²) >= 11 is 7.10. The van der Waals surface area contributed by atoms with Crippen molar-refractivity contribution in [3.8, 4) is 17.1 Å². The van der Waals surface area contributed by atoms with Gasteiger partial charge in [-0.1, -0.05) is 23.4 Å². The lowest BCUT2D eigenvalue weighted by atomic mass is 10.1. The van der Waals surface area contributed by atoms with Gasteiger partial charge in [0.05, 0.1) is 5.69 Å². The molecule has 0 amide bonds. The lowest BCUT2D eigenvalue weighted by Crippen LogP contribution is -2.45. The molecule has 24 heavy (non-hydrogen) atoms. The third kappa shape index (κ3) is 4.07. The monoisotopic (exact) mass is 381 g/mol. The summed E-state index contributed by atoms with van der Waals surface area (Å²) in [7, 11) is 0. The Labute approximate surface area is 144 Å². The average molecular weight is 382 g/mol. The van der Waals surface area contributed by atoms with Crippen LogP contribution < -0.4 is 4.74 Å². The van der Waals surface area contributed by atoms with Crippen LogP contribution in [0.15, 0.2) is 23.5 Å². The molecule has 10 heteroatoms. The average Bonchev–Trinajstić information content (AvgIpc) is 2.47. The second-order valence-corrected chi connectivity index (χ2v) is 6.34. The Morgan fingerprint density at radius 2 is 1.83 bits per heavy atom. The summed E-state index contributed by atoms with van der Waals surface area (Å²) in [5, 5.41) is 0.528. The minimum atomic E-state index is -4.67. The molecule has 0 saturated carbocycles. The highest BCUT2D eigenvalue weighted by atomic mass is 35.5. The van der Waals surface area contributed by atoms with Crippen molar-refractivity contribution in [1.82, 2.24) is 15.0 Å². The van der Waals surface area contributed by atoms with Gasteiger partial charge >= 0.3 is 6.18 Å². The number of hydrogen-bond donors (Lipinski definition) is 0. The zero-order valence-electron chi connectivity index (χ0n) is 12.8. The number of aromatic nitrogens is 3. The minimum absolute atomic E-state index is 0.156. The summed E-state index contributed by atoms with van der Waals surface area (Å²) in [6.07, 6.45) is -1.77. The largest absolute Gasteiger partial charge is 0.460 e. The third-order valence-corrected chi connectivity index (χ3v) is 3.74. The summed E-state index contributed by atoms with van der Waals surface area (Å²) in [6.45, 7) is 1.58. The van der Waals surface area contributed by atoms with E-state index >= 15 is 0 Å². The molecule has 2 aromatic heterocycles. The van der Waals surface area contributed by atoms with Crippen LogP contribution in [0.4, 0.5) is 17.6 Å². The number of rotatable bonds is 4. The molecule has 2 heterocycles. The van der Waals surface area contributed by atoms with Gasteiger partial charge in [0.25, 0.3) is 5.88 Å². The molecular weight excluding hydrogens is 370 g/mol. The highest BCUT2D eigenvalue weighted by Gasteiger charge is 2.50. The van der Waals surface area contributed by atoms with Gasteiger partial charge in [0, 0.05) is 17.8 Å². The van der Waals surface area contributed by atoms with Gasteiger partial charge < -0.3 is 4.74 Å². The predicted octanol–water partition coefficient (Wildman–Crippen LogP) is 4.77. The van der Waals surface area contributed by atoms with Crippen molar-refractivity contribution >= 4 is 23.4 Å². The van der Waals surface area contributed by atoms with Gasteiger partial charge in [-0.05, 0) is 26.2 Å². The highest BCUT2D eigenvalue weighted by Crippen LogP contribution is 2.35. The molecule has 0 atom stereocenters. The maximum Gasteiger partial charge on any atom is 0.427 e. The van der Waals surface area contributed by atoms with Gasteiger partial charge in [-0.25, -0.2) is 19.3 Å². The van der Waals surface area contributed by atoms with E-state index < -0.39 is 23.5 Å². The fourth-order valence-electron chi connectivity index (χ4n) is 1.58. The van der Waals surface area contributed by atoms with Crippen molar-refractivity contribution in [2.24, 2.45) is 0 Å². The maximum atomic E-state index is 14.1. The molecule has 0 saturated heterocycles. The lowest BCUT2D eigenvalue weighted by molar-refractivity contribution is -0.235. The SMILES string of the molecule is CSc1nc(Cl)cc(-c2cnc(OC(C)(C)C(F)(F)F)c(F)c2)n1. The second-order valence-electron chi connectivity index (χ2n) is 5.18. The Kier molecular flexibility index (Phi) is 5.24. The summed E-state index contributed by atoms with van der Waals surface area (Å²) < 4.78 is 57.2. The van der Waals surface area contributed by atoms with Crippen molar-refractivity contribution in [3.05, 3.63) is 29.3 Å². The third-order valence-electron chi connectivity index (χ3n) is 2.99. The van der Waals surface area contributed by atoms with Crippen LogP contribution in [0.2, 0.25) is 5.15 Å². The topological polar surface area (TPSA) is 47.9 Å². The van der Waals surface area contributed by atoms with Gasteiger partial charge in [-0.2, -0.15) is 13.2 Å². The first-order valence-corrected chi connectivity index (χ1v) is 8.14. The van der Waals surface area contributed by atoms with E-state index in [1.165, 1.54) is 17.8 Å². The van der Waals surface area contributed by atoms with Crippen molar-refractivity contribution in [2.45, 2.75) is 30.8 Å². The number of hydrogen-bond acceptors (Lipinski definition) is 5. The van der Waals surface area contributed by atoms with Crippen LogP contribution in [0, 0.1) is 5.82 Å². The van der Waals surface area contributed by atoms with Gasteiger partial charge in [-0.15, -0.1) is 0 Å². The first kappa shape index (κ1) is 18.7. The Hall–Kier alpha value is -1.61. The van der Waals surface area contributed by atoms with E-state index in [1.807, 2.05) is 0 Å². The molecule has 2 aromatic rings. The first-order valence-electron chi connectivity index (χ1n) is 6.54. The minimum Gasteiger partial charge on any atom is -0.460 e. The van der Waals surface area contributed by atoms with Gasteiger partial charge in [0.2, 0.25) is 0 Å². The molecule has 0 fully saturated rings. The van der Waals surface area contributed by atoms with Gasteiger partial charge in [-0.3, -0.25) is 0 Å². The molecule has 0 aliphatic rings. The molecule has 0 unspecified atom stereocenters. The Bertz CT molecular complexity index is 755. The van der Waals surface area contributed by atoms with Gasteiger partial charge in [0.15, 0.2) is 16.6 Å². The van der Waals surface area contributed by atoms with Crippen molar-refractivity contribution in [3.63, 3.8) is 0 Å². The van der Waals surface area contributed by atoms with Gasteiger partial charge in [0.1, 0.15) is 5.15 Å². The van der Waals surface area contributed by atoms with Crippen molar-refractivity contribution < 1.29 is 22.3 Å². The summed E-state index contributed by atoms with van der Waals surface area (Å²) in [6, 6.07) is 2.38. The van der Waals surface area contributed by atoms with E-state index in [0.29, 0.717) is 10.9 Å². The molecule has 0 aliphatic heterocycles. The zero-order valence-corrected chi connectivity index (χ0v) is 14.4. The Balaban J connectivity index is 2.35. The summed E-state index contributed by atoms with van der Waals surface area (Å²) in [4.78, 5) is 11.7. The van der Waals surface area contributed by atoms with E-state index in [4.69, 9.17) is 11.6 Å². The van der Waals surface area contributed by atoms with E-state index in [-0.39, 0.29) is 10.7 Å². The van der Waals surface area contributed by atoms with E-state index in [9.17, 15) is 17.6 Å². The summed E-state index contributed by atoms with van der Waals surface area (Å²) in [5.74, 6) is -1.78. The van der Waals surface area contributed by atoms with Crippen LogP contribution in [0.1, 0.15) is 13.8 Å². The number of ether oxygens (including phenoxy) is 1. The van der Waals surface area contributed by atoms with Crippen LogP contribution in [-0.4, -0.2) is 33.0 Å². The van der Waals surface area contributed by atoms with E-state index in [1.54, 1.807) is 6.26 Å². The Morgan fingerprint density at radius 1 is 1.17 bits per heavy atom. The molecule has 130 valence electrons. The second kappa shape index (κ2) is 6.72. The first-order chi connectivity index (χ1) is 11.0. The number of alkyl halides is 3. The molecule has 0 aromatic carbocycles. The van der Waals surface area contributed by atoms with Crippen molar-refractivity contribution in [2.75, 3.05) is 6.26 Å². The highest BCUT2D eigenvalue weighted by molar-refractivity contribution is 7.98. The quantitative estimate of drug-likeness (QED) is 0.330. The number of halogens is 5. The lowest BCUT2D eigenvalue weighted by Gasteiger charge is -2.28. The Morgan fingerprint density at radius 3 is 2.38 bits per heavy atom. The molecular formula is C14H12ClF4N3OS. The normalized spacial score (nSPS) is 12.3. The zero-order chi connectivity index (χ0) is 18.1. The summed E-state index contributed by atoms with van der Waals surface area (Å²) in [5.41, 5.74) is -2.04. The fourth-order valence-corrected chi connectivity index (χ4v) is 2.19. The molecule has 4 nitrogen and oxygen atoms in total. The molecule has 2 rings (SSSR count). The van der Waals surface area contributed by atoms with E-state index in [2.05, 4.69) is 19.7 Å². The van der Waals surface area contributed by atoms with Crippen LogP contribution >= 0.6 is 23.4 Å². The van der Waals surface area contributed by atoms with Crippen LogP contribution in [0.5, 0.6) is 5.88 Å². The molecule has 0 radical (unpaired) electrons. The number of thioether (sulfide) groups is 1. The molecule has 0 aliphatic carbocycles. The van der Waals surface area contributed by atoms with E-state index in [0.717, 1.165) is 26.1 Å².